The summed E-state index contributed by atoms with van der Waals surface area (Å²) in [6, 6.07) is 9.94. The predicted octanol–water partition coefficient (Wildman–Crippen LogP) is 3.31. The third kappa shape index (κ3) is 1.70. The first-order chi connectivity index (χ1) is 8.90. The van der Waals surface area contributed by atoms with Crippen molar-refractivity contribution in [2.75, 3.05) is 7.11 Å². The van der Waals surface area contributed by atoms with E-state index >= 15 is 0 Å². The number of hydrogen-bond acceptors (Lipinski definition) is 3. The minimum atomic E-state index is 0.849. The Kier molecular flexibility index (Phi) is 2.65. The molecule has 0 aliphatic rings. The van der Waals surface area contributed by atoms with Crippen molar-refractivity contribution in [1.82, 2.24) is 9.97 Å². The third-order valence-electron chi connectivity index (χ3n) is 2.95. The van der Waals surface area contributed by atoms with Crippen LogP contribution in [-0.4, -0.2) is 17.1 Å². The average Bonchev–Trinajstić information content (AvgIpc) is 2.47. The molecular weight excluding hydrogens is 224 g/mol. The van der Waals surface area contributed by atoms with Gasteiger partial charge in [-0.3, -0.25) is 9.97 Å². The molecule has 0 fully saturated rings. The van der Waals surface area contributed by atoms with Gasteiger partial charge in [-0.2, -0.15) is 0 Å². The number of aromatic nitrogens is 2. The van der Waals surface area contributed by atoms with Crippen LogP contribution >= 0.6 is 0 Å². The molecule has 2 heterocycles. The molecule has 0 atom stereocenters. The Bertz CT molecular complexity index is 680. The number of benzene rings is 1. The minimum absolute atomic E-state index is 0.849. The number of fused-ring (bicyclic) bond motifs is 1. The first kappa shape index (κ1) is 10.7. The van der Waals surface area contributed by atoms with E-state index in [4.69, 9.17) is 4.74 Å². The molecule has 1 aromatic carbocycles. The fourth-order valence-electron chi connectivity index (χ4n) is 2.13. The Labute approximate surface area is 105 Å². The van der Waals surface area contributed by atoms with Crippen molar-refractivity contribution in [2.45, 2.75) is 0 Å². The van der Waals surface area contributed by atoms with Gasteiger partial charge >= 0.3 is 0 Å². The minimum Gasteiger partial charge on any atom is -0.496 e. The van der Waals surface area contributed by atoms with Gasteiger partial charge in [0.2, 0.25) is 0 Å². The standard InChI is InChI=1S/C15H12N2O/c1-18-14-5-4-11-9-17-8-6-13(11)15(14)12-3-2-7-16-10-12/h2-10H,1H3. The van der Waals surface area contributed by atoms with Crippen molar-refractivity contribution in [3.05, 3.63) is 55.1 Å². The molecule has 0 aliphatic carbocycles. The maximum Gasteiger partial charge on any atom is 0.127 e. The number of nitrogens with zero attached hydrogens (tertiary/aromatic N) is 2. The molecule has 18 heavy (non-hydrogen) atoms. The van der Waals surface area contributed by atoms with Gasteiger partial charge in [0.15, 0.2) is 0 Å². The Morgan fingerprint density at radius 1 is 0.944 bits per heavy atom. The monoisotopic (exact) mass is 236 g/mol. The molecule has 3 nitrogen and oxygen atoms in total. The lowest BCUT2D eigenvalue weighted by atomic mass is 10.00. The zero-order chi connectivity index (χ0) is 12.4. The fraction of sp³-hybridized carbons (Fsp3) is 0.0667. The second kappa shape index (κ2) is 4.45. The molecule has 3 rings (SSSR count). The van der Waals surface area contributed by atoms with Crippen LogP contribution in [0.1, 0.15) is 0 Å². The van der Waals surface area contributed by atoms with Crippen molar-refractivity contribution < 1.29 is 4.74 Å². The molecule has 0 amide bonds. The maximum absolute atomic E-state index is 5.46. The smallest absolute Gasteiger partial charge is 0.127 e. The third-order valence-corrected chi connectivity index (χ3v) is 2.95. The number of ether oxygens (including phenoxy) is 1. The van der Waals surface area contributed by atoms with Crippen molar-refractivity contribution >= 4 is 10.8 Å². The van der Waals surface area contributed by atoms with Crippen molar-refractivity contribution in [2.24, 2.45) is 0 Å². The van der Waals surface area contributed by atoms with Gasteiger partial charge in [-0.15, -0.1) is 0 Å². The van der Waals surface area contributed by atoms with Gasteiger partial charge in [-0.1, -0.05) is 6.07 Å². The summed E-state index contributed by atoms with van der Waals surface area (Å²) in [6.07, 6.45) is 7.26. The highest BCUT2D eigenvalue weighted by molar-refractivity contribution is 5.99. The number of methoxy groups -OCH3 is 1. The summed E-state index contributed by atoms with van der Waals surface area (Å²) in [5, 5.41) is 2.22. The zero-order valence-electron chi connectivity index (χ0n) is 10.00. The van der Waals surface area contributed by atoms with E-state index in [0.717, 1.165) is 27.6 Å². The highest BCUT2D eigenvalue weighted by atomic mass is 16.5. The van der Waals surface area contributed by atoms with E-state index in [1.54, 1.807) is 19.5 Å². The topological polar surface area (TPSA) is 35.0 Å². The maximum atomic E-state index is 5.46. The first-order valence-corrected chi connectivity index (χ1v) is 5.71. The van der Waals surface area contributed by atoms with E-state index in [0.29, 0.717) is 0 Å². The van der Waals surface area contributed by atoms with Crippen LogP contribution in [-0.2, 0) is 0 Å². The van der Waals surface area contributed by atoms with E-state index < -0.39 is 0 Å². The van der Waals surface area contributed by atoms with Gasteiger partial charge in [0.05, 0.1) is 7.11 Å². The van der Waals surface area contributed by atoms with Gasteiger partial charge < -0.3 is 4.74 Å². The number of pyridine rings is 2. The van der Waals surface area contributed by atoms with E-state index in [2.05, 4.69) is 9.97 Å². The Morgan fingerprint density at radius 2 is 1.83 bits per heavy atom. The van der Waals surface area contributed by atoms with Crippen LogP contribution in [0.3, 0.4) is 0 Å². The Balaban J connectivity index is 2.38. The molecule has 0 N–H and O–H groups in total. The van der Waals surface area contributed by atoms with Crippen LogP contribution in [0, 0.1) is 0 Å². The molecule has 0 saturated carbocycles. The molecular formula is C15H12N2O. The lowest BCUT2D eigenvalue weighted by Gasteiger charge is -2.11. The van der Waals surface area contributed by atoms with Crippen molar-refractivity contribution in [3.63, 3.8) is 0 Å². The summed E-state index contributed by atoms with van der Waals surface area (Å²) in [4.78, 5) is 8.32. The van der Waals surface area contributed by atoms with Crippen molar-refractivity contribution in [1.29, 1.82) is 0 Å². The average molecular weight is 236 g/mol. The largest absolute Gasteiger partial charge is 0.496 e. The quantitative estimate of drug-likeness (QED) is 0.684. The Hall–Kier alpha value is -2.42. The van der Waals surface area contributed by atoms with E-state index in [1.807, 2.05) is 42.7 Å². The molecule has 0 saturated heterocycles. The van der Waals surface area contributed by atoms with Crippen molar-refractivity contribution in [3.8, 4) is 16.9 Å². The molecule has 88 valence electrons. The van der Waals surface area contributed by atoms with Gasteiger partial charge in [-0.05, 0) is 29.7 Å². The summed E-state index contributed by atoms with van der Waals surface area (Å²) < 4.78 is 5.46. The molecule has 0 aliphatic heterocycles. The summed E-state index contributed by atoms with van der Waals surface area (Å²) >= 11 is 0. The summed E-state index contributed by atoms with van der Waals surface area (Å²) in [7, 11) is 1.68. The lowest BCUT2D eigenvalue weighted by molar-refractivity contribution is 0.417. The fourth-order valence-corrected chi connectivity index (χ4v) is 2.13. The molecule has 0 unspecified atom stereocenters. The normalized spacial score (nSPS) is 10.5. The molecule has 3 aromatic rings. The summed E-state index contributed by atoms with van der Waals surface area (Å²) in [6.45, 7) is 0. The highest BCUT2D eigenvalue weighted by Gasteiger charge is 2.10. The molecule has 0 radical (unpaired) electrons. The highest BCUT2D eigenvalue weighted by Crippen LogP contribution is 2.36. The van der Waals surface area contributed by atoms with Crippen LogP contribution in [0.2, 0.25) is 0 Å². The molecule has 0 bridgehead atoms. The van der Waals surface area contributed by atoms with Crippen LogP contribution in [0.15, 0.2) is 55.1 Å². The van der Waals surface area contributed by atoms with E-state index in [1.165, 1.54) is 0 Å². The summed E-state index contributed by atoms with van der Waals surface area (Å²) in [5.74, 6) is 0.849. The molecule has 0 spiro atoms. The van der Waals surface area contributed by atoms with E-state index in [-0.39, 0.29) is 0 Å². The zero-order valence-corrected chi connectivity index (χ0v) is 10.00. The van der Waals surface area contributed by atoms with Crippen LogP contribution in [0.4, 0.5) is 0 Å². The number of hydrogen-bond donors (Lipinski definition) is 0. The SMILES string of the molecule is COc1ccc2cnccc2c1-c1cccnc1. The van der Waals surface area contributed by atoms with Gasteiger partial charge in [-0.25, -0.2) is 0 Å². The first-order valence-electron chi connectivity index (χ1n) is 5.71. The second-order valence-corrected chi connectivity index (χ2v) is 3.98. The van der Waals surface area contributed by atoms with Gasteiger partial charge in [0.25, 0.3) is 0 Å². The molecule has 3 heteroatoms. The second-order valence-electron chi connectivity index (χ2n) is 3.98. The van der Waals surface area contributed by atoms with Crippen LogP contribution in [0.5, 0.6) is 5.75 Å². The van der Waals surface area contributed by atoms with Crippen LogP contribution < -0.4 is 4.74 Å². The number of rotatable bonds is 2. The van der Waals surface area contributed by atoms with E-state index in [9.17, 15) is 0 Å². The van der Waals surface area contributed by atoms with Crippen LogP contribution in [0.25, 0.3) is 21.9 Å². The molecule has 2 aromatic heterocycles. The Morgan fingerprint density at radius 3 is 2.61 bits per heavy atom. The predicted molar refractivity (Wildman–Crippen MR) is 71.5 cm³/mol. The lowest BCUT2D eigenvalue weighted by Crippen LogP contribution is -1.90. The van der Waals surface area contributed by atoms with Gasteiger partial charge in [0.1, 0.15) is 5.75 Å². The van der Waals surface area contributed by atoms with Gasteiger partial charge in [0, 0.05) is 41.3 Å². The summed E-state index contributed by atoms with van der Waals surface area (Å²) in [5.41, 5.74) is 2.11.